The number of carbonyl (C=O) groups excluding carboxylic acids is 1. The second kappa shape index (κ2) is 9.43. The number of anilines is 1. The van der Waals surface area contributed by atoms with Gasteiger partial charge in [0.2, 0.25) is 11.9 Å². The molecule has 1 aliphatic rings. The lowest BCUT2D eigenvalue weighted by Crippen LogP contribution is -2.52. The van der Waals surface area contributed by atoms with E-state index in [-0.39, 0.29) is 11.9 Å². The van der Waals surface area contributed by atoms with Crippen molar-refractivity contribution in [1.29, 1.82) is 0 Å². The number of nitrogens with zero attached hydrogens (tertiary/aromatic N) is 4. The smallest absolute Gasteiger partial charge is 0.243 e. The Balaban J connectivity index is 1.45. The minimum absolute atomic E-state index is 0.0684. The molecule has 0 saturated carbocycles. The van der Waals surface area contributed by atoms with Crippen molar-refractivity contribution >= 4 is 11.9 Å². The fraction of sp³-hybridized carbons (Fsp3) is 0.450. The molecule has 0 bridgehead atoms. The first-order valence-corrected chi connectivity index (χ1v) is 9.41. The van der Waals surface area contributed by atoms with Crippen LogP contribution in [0.15, 0.2) is 42.7 Å². The molecule has 27 heavy (non-hydrogen) atoms. The summed E-state index contributed by atoms with van der Waals surface area (Å²) >= 11 is 0. The monoisotopic (exact) mass is 369 g/mol. The van der Waals surface area contributed by atoms with Gasteiger partial charge in [0.1, 0.15) is 5.75 Å². The number of hydrogen-bond acceptors (Lipinski definition) is 6. The number of aromatic nitrogens is 2. The van der Waals surface area contributed by atoms with Gasteiger partial charge in [0.05, 0.1) is 12.6 Å². The highest BCUT2D eigenvalue weighted by molar-refractivity contribution is 5.93. The zero-order valence-electron chi connectivity index (χ0n) is 16.0. The Kier molecular flexibility index (Phi) is 6.73. The van der Waals surface area contributed by atoms with Crippen molar-refractivity contribution in [3.05, 3.63) is 48.3 Å². The summed E-state index contributed by atoms with van der Waals surface area (Å²) in [7, 11) is 0. The molecule has 2 aromatic rings. The molecule has 0 radical (unpaired) electrons. The Hall–Kier alpha value is -2.51. The van der Waals surface area contributed by atoms with Crippen LogP contribution in [0.2, 0.25) is 0 Å². The van der Waals surface area contributed by atoms with Crippen molar-refractivity contribution in [2.75, 3.05) is 38.1 Å². The quantitative estimate of drug-likeness (QED) is 0.805. The topological polar surface area (TPSA) is 70.6 Å². The number of piperazine rings is 1. The van der Waals surface area contributed by atoms with Gasteiger partial charge in [-0.1, -0.05) is 12.1 Å². The number of ether oxygens (including phenoxy) is 1. The zero-order valence-corrected chi connectivity index (χ0v) is 16.0. The predicted octanol–water partition coefficient (Wildman–Crippen LogP) is 2.02. The van der Waals surface area contributed by atoms with Crippen molar-refractivity contribution in [3.63, 3.8) is 0 Å². The van der Waals surface area contributed by atoms with Crippen molar-refractivity contribution in [1.82, 2.24) is 19.8 Å². The van der Waals surface area contributed by atoms with Gasteiger partial charge in [-0.25, -0.2) is 9.97 Å². The minimum atomic E-state index is -0.207. The van der Waals surface area contributed by atoms with E-state index in [1.807, 2.05) is 26.0 Å². The van der Waals surface area contributed by atoms with Crippen molar-refractivity contribution < 1.29 is 9.53 Å². The van der Waals surface area contributed by atoms with Crippen LogP contribution >= 0.6 is 0 Å². The van der Waals surface area contributed by atoms with E-state index in [4.69, 9.17) is 4.74 Å². The van der Waals surface area contributed by atoms with Crippen molar-refractivity contribution in [2.24, 2.45) is 0 Å². The number of hydrogen-bond donors (Lipinski definition) is 1. The van der Waals surface area contributed by atoms with Crippen LogP contribution in [0.25, 0.3) is 0 Å². The predicted molar refractivity (Wildman–Crippen MR) is 105 cm³/mol. The molecule has 0 spiro atoms. The maximum atomic E-state index is 12.4. The normalized spacial score (nSPS) is 16.7. The van der Waals surface area contributed by atoms with E-state index in [1.165, 1.54) is 5.56 Å². The summed E-state index contributed by atoms with van der Waals surface area (Å²) in [6.45, 7) is 9.12. The first-order valence-electron chi connectivity index (χ1n) is 9.41. The summed E-state index contributed by atoms with van der Waals surface area (Å²) in [5.41, 5.74) is 1.28. The van der Waals surface area contributed by atoms with E-state index < -0.39 is 0 Å². The Morgan fingerprint density at radius 3 is 2.44 bits per heavy atom. The average molecular weight is 369 g/mol. The zero-order chi connectivity index (χ0) is 19.1. The Morgan fingerprint density at radius 1 is 1.15 bits per heavy atom. The van der Waals surface area contributed by atoms with Crippen LogP contribution in [0.5, 0.6) is 5.75 Å². The second-order valence-corrected chi connectivity index (χ2v) is 6.63. The third-order valence-electron chi connectivity index (χ3n) is 4.78. The highest BCUT2D eigenvalue weighted by atomic mass is 16.5. The molecule has 1 aliphatic heterocycles. The Labute approximate surface area is 160 Å². The maximum Gasteiger partial charge on any atom is 0.243 e. The van der Waals surface area contributed by atoms with Gasteiger partial charge in [-0.3, -0.25) is 19.9 Å². The van der Waals surface area contributed by atoms with E-state index in [1.54, 1.807) is 18.5 Å². The summed E-state index contributed by atoms with van der Waals surface area (Å²) in [4.78, 5) is 25.1. The number of carbonyl (C=O) groups is 1. The molecule has 2 heterocycles. The largest absolute Gasteiger partial charge is 0.494 e. The van der Waals surface area contributed by atoms with Gasteiger partial charge in [-0.15, -0.1) is 0 Å². The lowest BCUT2D eigenvalue weighted by molar-refractivity contribution is -0.121. The van der Waals surface area contributed by atoms with Crippen LogP contribution in [0.4, 0.5) is 5.95 Å². The Morgan fingerprint density at radius 2 is 1.81 bits per heavy atom. The van der Waals surface area contributed by atoms with Crippen LogP contribution < -0.4 is 10.1 Å². The Bertz CT molecular complexity index is 715. The fourth-order valence-corrected chi connectivity index (χ4v) is 3.17. The molecular weight excluding hydrogens is 342 g/mol. The molecule has 1 unspecified atom stereocenters. The number of rotatable bonds is 7. The molecule has 1 fully saturated rings. The summed E-state index contributed by atoms with van der Waals surface area (Å²) in [6, 6.07) is 9.80. The minimum Gasteiger partial charge on any atom is -0.494 e. The van der Waals surface area contributed by atoms with E-state index in [0.29, 0.717) is 12.6 Å². The fourth-order valence-electron chi connectivity index (χ4n) is 3.17. The van der Waals surface area contributed by atoms with E-state index >= 15 is 0 Å². The summed E-state index contributed by atoms with van der Waals surface area (Å²) in [6.07, 6.45) is 3.24. The highest BCUT2D eigenvalue weighted by Crippen LogP contribution is 2.15. The van der Waals surface area contributed by atoms with Crippen LogP contribution in [0, 0.1) is 0 Å². The van der Waals surface area contributed by atoms with Gasteiger partial charge in [-0.05, 0) is 37.6 Å². The molecule has 7 heteroatoms. The number of benzene rings is 1. The van der Waals surface area contributed by atoms with E-state index in [2.05, 4.69) is 37.2 Å². The van der Waals surface area contributed by atoms with Crippen LogP contribution in [0.3, 0.4) is 0 Å². The van der Waals surface area contributed by atoms with Crippen LogP contribution in [-0.4, -0.2) is 64.5 Å². The van der Waals surface area contributed by atoms with Crippen molar-refractivity contribution in [3.8, 4) is 5.75 Å². The van der Waals surface area contributed by atoms with Gasteiger partial charge < -0.3 is 4.74 Å². The van der Waals surface area contributed by atoms with Gasteiger partial charge in [0.15, 0.2) is 0 Å². The summed E-state index contributed by atoms with van der Waals surface area (Å²) in [5.74, 6) is 1.19. The van der Waals surface area contributed by atoms with E-state index in [9.17, 15) is 4.79 Å². The first-order chi connectivity index (χ1) is 13.2. The third-order valence-corrected chi connectivity index (χ3v) is 4.78. The summed E-state index contributed by atoms with van der Waals surface area (Å²) < 4.78 is 5.49. The van der Waals surface area contributed by atoms with Crippen LogP contribution in [-0.2, 0) is 11.3 Å². The highest BCUT2D eigenvalue weighted by Gasteiger charge is 2.26. The molecule has 3 rings (SSSR count). The second-order valence-electron chi connectivity index (χ2n) is 6.63. The maximum absolute atomic E-state index is 12.4. The third kappa shape index (κ3) is 5.48. The van der Waals surface area contributed by atoms with Crippen molar-refractivity contribution in [2.45, 2.75) is 26.4 Å². The summed E-state index contributed by atoms with van der Waals surface area (Å²) in [5, 5.41) is 2.78. The molecule has 1 aromatic carbocycles. The van der Waals surface area contributed by atoms with E-state index in [0.717, 1.165) is 38.5 Å². The lowest BCUT2D eigenvalue weighted by Gasteiger charge is -2.37. The molecular formula is C20H27N5O2. The molecule has 1 atom stereocenters. The molecule has 7 nitrogen and oxygen atoms in total. The number of amides is 1. The number of nitrogens with one attached hydrogen (secondary N) is 1. The molecule has 1 amide bonds. The molecule has 1 aromatic heterocycles. The van der Waals surface area contributed by atoms with Gasteiger partial charge in [0.25, 0.3) is 0 Å². The van der Waals surface area contributed by atoms with Gasteiger partial charge >= 0.3 is 0 Å². The lowest BCUT2D eigenvalue weighted by atomic mass is 10.1. The standard InChI is InChI=1S/C20H27N5O2/c1-3-27-18-7-5-17(6-8-18)15-24-11-13-25(14-12-24)16(2)19(26)23-20-21-9-4-10-22-20/h4-10,16H,3,11-15H2,1-2H3,(H,21,22,23,26). The van der Waals surface area contributed by atoms with Crippen LogP contribution in [0.1, 0.15) is 19.4 Å². The molecule has 0 aliphatic carbocycles. The molecule has 1 N–H and O–H groups in total. The first kappa shape index (κ1) is 19.3. The SMILES string of the molecule is CCOc1ccc(CN2CCN(C(C)C(=O)Nc3ncccn3)CC2)cc1. The molecule has 1 saturated heterocycles. The van der Waals surface area contributed by atoms with Gasteiger partial charge in [0, 0.05) is 45.1 Å². The molecule has 144 valence electrons. The van der Waals surface area contributed by atoms with Gasteiger partial charge in [-0.2, -0.15) is 0 Å². The average Bonchev–Trinajstić information content (AvgIpc) is 2.70.